The van der Waals surface area contributed by atoms with E-state index >= 15 is 0 Å². The first-order valence-corrected chi connectivity index (χ1v) is 8.91. The number of anilines is 1. The Labute approximate surface area is 146 Å². The average Bonchev–Trinajstić information content (AvgIpc) is 3.01. The van der Waals surface area contributed by atoms with Crippen molar-refractivity contribution in [2.24, 2.45) is 0 Å². The first kappa shape index (κ1) is 18.2. The number of carbonyl (C=O) groups excluding carboxylic acids is 2. The Kier molecular flexibility index (Phi) is 6.15. The molecule has 4 nitrogen and oxygen atoms in total. The maximum atomic E-state index is 12.4. The summed E-state index contributed by atoms with van der Waals surface area (Å²) in [4.78, 5) is 26.0. The van der Waals surface area contributed by atoms with Crippen LogP contribution >= 0.6 is 11.3 Å². The summed E-state index contributed by atoms with van der Waals surface area (Å²) in [5, 5.41) is 2.87. The highest BCUT2D eigenvalue weighted by Crippen LogP contribution is 2.26. The Hall–Kier alpha value is -2.14. The molecule has 1 amide bonds. The van der Waals surface area contributed by atoms with Crippen LogP contribution in [0.1, 0.15) is 53.2 Å². The van der Waals surface area contributed by atoms with Crippen molar-refractivity contribution in [2.45, 2.75) is 46.1 Å². The number of para-hydroxylation sites is 1. The van der Waals surface area contributed by atoms with Gasteiger partial charge in [-0.3, -0.25) is 4.79 Å². The zero-order chi connectivity index (χ0) is 17.7. The molecule has 5 heteroatoms. The van der Waals surface area contributed by atoms with Crippen LogP contribution in [0.4, 0.5) is 5.69 Å². The van der Waals surface area contributed by atoms with E-state index in [0.717, 1.165) is 22.5 Å². The van der Waals surface area contributed by atoms with Crippen LogP contribution in [-0.2, 0) is 9.53 Å². The second-order valence-electron chi connectivity index (χ2n) is 5.84. The number of benzene rings is 1. The third-order valence-electron chi connectivity index (χ3n) is 3.96. The number of thiophene rings is 1. The lowest BCUT2D eigenvalue weighted by atomic mass is 9.97. The van der Waals surface area contributed by atoms with Gasteiger partial charge in [0.1, 0.15) is 4.88 Å². The topological polar surface area (TPSA) is 55.4 Å². The molecule has 24 heavy (non-hydrogen) atoms. The largest absolute Gasteiger partial charge is 0.448 e. The van der Waals surface area contributed by atoms with E-state index in [2.05, 4.69) is 19.2 Å². The van der Waals surface area contributed by atoms with Crippen LogP contribution in [0, 0.1) is 6.92 Å². The van der Waals surface area contributed by atoms with E-state index in [9.17, 15) is 9.59 Å². The molecule has 0 aliphatic carbocycles. The second kappa shape index (κ2) is 8.11. The fraction of sp³-hybridized carbons (Fsp3) is 0.368. The van der Waals surface area contributed by atoms with Crippen LogP contribution < -0.4 is 5.32 Å². The summed E-state index contributed by atoms with van der Waals surface area (Å²) in [6, 6.07) is 11.3. The Morgan fingerprint density at radius 2 is 1.88 bits per heavy atom. The predicted molar refractivity (Wildman–Crippen MR) is 97.7 cm³/mol. The van der Waals surface area contributed by atoms with Gasteiger partial charge in [0.2, 0.25) is 0 Å². The molecule has 0 saturated carbocycles. The average molecular weight is 345 g/mol. The molecule has 0 unspecified atom stereocenters. The van der Waals surface area contributed by atoms with Crippen molar-refractivity contribution in [1.82, 2.24) is 0 Å². The smallest absolute Gasteiger partial charge is 0.349 e. The molecule has 1 N–H and O–H groups in total. The molecule has 0 bridgehead atoms. The fourth-order valence-electron chi connectivity index (χ4n) is 2.31. The molecule has 0 saturated heterocycles. The van der Waals surface area contributed by atoms with Gasteiger partial charge in [-0.05, 0) is 49.9 Å². The molecular weight excluding hydrogens is 322 g/mol. The summed E-state index contributed by atoms with van der Waals surface area (Å²) in [6.45, 7) is 7.73. The number of hydrogen-bond donors (Lipinski definition) is 1. The van der Waals surface area contributed by atoms with Crippen molar-refractivity contribution < 1.29 is 14.3 Å². The monoisotopic (exact) mass is 345 g/mol. The zero-order valence-corrected chi connectivity index (χ0v) is 15.3. The van der Waals surface area contributed by atoms with E-state index in [1.165, 1.54) is 11.3 Å². The number of hydrogen-bond acceptors (Lipinski definition) is 4. The van der Waals surface area contributed by atoms with Crippen LogP contribution in [0.25, 0.3) is 0 Å². The van der Waals surface area contributed by atoms with E-state index in [4.69, 9.17) is 4.74 Å². The second-order valence-corrected chi connectivity index (χ2v) is 7.13. The molecule has 128 valence electrons. The van der Waals surface area contributed by atoms with Gasteiger partial charge in [0.15, 0.2) is 6.10 Å². The van der Waals surface area contributed by atoms with Gasteiger partial charge in [-0.1, -0.05) is 32.0 Å². The van der Waals surface area contributed by atoms with Crippen molar-refractivity contribution in [3.8, 4) is 0 Å². The van der Waals surface area contributed by atoms with Gasteiger partial charge in [-0.25, -0.2) is 4.79 Å². The highest BCUT2D eigenvalue weighted by atomic mass is 32.1. The Morgan fingerprint density at radius 3 is 2.50 bits per heavy atom. The SMILES string of the molecule is CC[C@@H](C)c1ccccc1NC(=O)[C@@H](C)OC(=O)c1ccc(C)s1. The number of aryl methyl sites for hydroxylation is 1. The van der Waals surface area contributed by atoms with Gasteiger partial charge in [0.05, 0.1) is 0 Å². The summed E-state index contributed by atoms with van der Waals surface area (Å²) >= 11 is 1.36. The minimum Gasteiger partial charge on any atom is -0.448 e. The standard InChI is InChI=1S/C19H23NO3S/c1-5-12(2)15-8-6-7-9-16(15)20-18(21)14(4)23-19(22)17-11-10-13(3)24-17/h6-12,14H,5H2,1-4H3,(H,20,21)/t12-,14-/m1/s1. The number of nitrogens with one attached hydrogen (secondary N) is 1. The summed E-state index contributed by atoms with van der Waals surface area (Å²) in [6.07, 6.45) is 0.125. The number of ether oxygens (including phenoxy) is 1. The van der Waals surface area contributed by atoms with E-state index < -0.39 is 12.1 Å². The maximum absolute atomic E-state index is 12.4. The highest BCUT2D eigenvalue weighted by molar-refractivity contribution is 7.13. The highest BCUT2D eigenvalue weighted by Gasteiger charge is 2.21. The lowest BCUT2D eigenvalue weighted by molar-refractivity contribution is -0.123. The summed E-state index contributed by atoms with van der Waals surface area (Å²) < 4.78 is 5.27. The zero-order valence-electron chi connectivity index (χ0n) is 14.5. The molecule has 0 radical (unpaired) electrons. The van der Waals surface area contributed by atoms with Gasteiger partial charge in [-0.15, -0.1) is 11.3 Å². The van der Waals surface area contributed by atoms with Gasteiger partial charge < -0.3 is 10.1 Å². The third-order valence-corrected chi connectivity index (χ3v) is 4.94. The molecule has 2 atom stereocenters. The van der Waals surface area contributed by atoms with Crippen LogP contribution in [0.2, 0.25) is 0 Å². The van der Waals surface area contributed by atoms with Gasteiger partial charge >= 0.3 is 5.97 Å². The lowest BCUT2D eigenvalue weighted by Gasteiger charge is -2.18. The molecular formula is C19H23NO3S. The Bertz CT molecular complexity index is 723. The summed E-state index contributed by atoms with van der Waals surface area (Å²) in [5.74, 6) is -0.452. The molecule has 0 spiro atoms. The molecule has 0 fully saturated rings. The van der Waals surface area contributed by atoms with Gasteiger partial charge in [0, 0.05) is 10.6 Å². The predicted octanol–water partition coefficient (Wildman–Crippen LogP) is 4.75. The minimum atomic E-state index is -0.857. The van der Waals surface area contributed by atoms with Crippen molar-refractivity contribution in [3.05, 3.63) is 51.7 Å². The maximum Gasteiger partial charge on any atom is 0.349 e. The molecule has 0 aliphatic rings. The van der Waals surface area contributed by atoms with E-state index in [0.29, 0.717) is 10.8 Å². The van der Waals surface area contributed by atoms with E-state index in [1.807, 2.05) is 37.3 Å². The Morgan fingerprint density at radius 1 is 1.17 bits per heavy atom. The molecule has 1 aromatic carbocycles. The van der Waals surface area contributed by atoms with Crippen molar-refractivity contribution >= 4 is 28.9 Å². The van der Waals surface area contributed by atoms with E-state index in [-0.39, 0.29) is 5.91 Å². The molecule has 2 aromatic rings. The number of esters is 1. The number of carbonyl (C=O) groups is 2. The first-order chi connectivity index (χ1) is 11.4. The van der Waals surface area contributed by atoms with Gasteiger partial charge in [-0.2, -0.15) is 0 Å². The molecule has 1 aromatic heterocycles. The summed E-state index contributed by atoms with van der Waals surface area (Å²) in [7, 11) is 0. The Balaban J connectivity index is 2.03. The number of rotatable bonds is 6. The fourth-order valence-corrected chi connectivity index (χ4v) is 3.06. The van der Waals surface area contributed by atoms with Gasteiger partial charge in [0.25, 0.3) is 5.91 Å². The molecule has 0 aliphatic heterocycles. The van der Waals surface area contributed by atoms with Crippen LogP contribution in [0.5, 0.6) is 0 Å². The van der Waals surface area contributed by atoms with Crippen LogP contribution in [0.3, 0.4) is 0 Å². The first-order valence-electron chi connectivity index (χ1n) is 8.09. The molecule has 2 rings (SSSR count). The lowest BCUT2D eigenvalue weighted by Crippen LogP contribution is -2.30. The minimum absolute atomic E-state index is 0.326. The van der Waals surface area contributed by atoms with Crippen LogP contribution in [-0.4, -0.2) is 18.0 Å². The summed E-state index contributed by atoms with van der Waals surface area (Å²) in [5.41, 5.74) is 1.85. The van der Waals surface area contributed by atoms with Crippen molar-refractivity contribution in [2.75, 3.05) is 5.32 Å². The van der Waals surface area contributed by atoms with Crippen LogP contribution in [0.15, 0.2) is 36.4 Å². The third kappa shape index (κ3) is 4.45. The normalized spacial score (nSPS) is 13.2. The van der Waals surface area contributed by atoms with Crippen molar-refractivity contribution in [1.29, 1.82) is 0 Å². The quantitative estimate of drug-likeness (QED) is 0.768. The van der Waals surface area contributed by atoms with Crippen molar-refractivity contribution in [3.63, 3.8) is 0 Å². The molecule has 1 heterocycles. The number of amides is 1. The van der Waals surface area contributed by atoms with E-state index in [1.54, 1.807) is 13.0 Å².